The summed E-state index contributed by atoms with van der Waals surface area (Å²) in [7, 11) is 0. The molecule has 0 radical (unpaired) electrons. The summed E-state index contributed by atoms with van der Waals surface area (Å²) in [5.41, 5.74) is 1.78. The van der Waals surface area contributed by atoms with Gasteiger partial charge in [-0.2, -0.15) is 0 Å². The molecule has 0 bridgehead atoms. The van der Waals surface area contributed by atoms with Gasteiger partial charge in [0.05, 0.1) is 4.92 Å². The maximum absolute atomic E-state index is 12.8. The van der Waals surface area contributed by atoms with Crippen molar-refractivity contribution in [1.82, 2.24) is 9.97 Å². The standard InChI is InChI=1S/C24H19N5O4/c30-24(28-23-22(7-4-12-26-23)33-16-17-10-13-25-14-11-17)18-8-9-20(21(15-18)29(31)32)27-19-5-2-1-3-6-19/h1-15,27H,16H2,(H,26,28,30). The summed E-state index contributed by atoms with van der Waals surface area (Å²) in [5, 5.41) is 17.3. The van der Waals surface area contributed by atoms with Crippen LogP contribution in [0.3, 0.4) is 0 Å². The second-order valence-electron chi connectivity index (χ2n) is 6.93. The van der Waals surface area contributed by atoms with Crippen LogP contribution in [0, 0.1) is 10.1 Å². The molecule has 0 saturated carbocycles. The number of aromatic nitrogens is 2. The molecule has 9 nitrogen and oxygen atoms in total. The molecule has 9 heteroatoms. The average molecular weight is 441 g/mol. The largest absolute Gasteiger partial charge is 0.485 e. The predicted molar refractivity (Wildman–Crippen MR) is 124 cm³/mol. The number of carbonyl (C=O) groups excluding carboxylic acids is 1. The lowest BCUT2D eigenvalue weighted by Gasteiger charge is -2.12. The van der Waals surface area contributed by atoms with E-state index >= 15 is 0 Å². The van der Waals surface area contributed by atoms with Gasteiger partial charge in [-0.05, 0) is 54.1 Å². The number of hydrogen-bond donors (Lipinski definition) is 2. The van der Waals surface area contributed by atoms with Crippen LogP contribution in [0.1, 0.15) is 15.9 Å². The molecule has 0 atom stereocenters. The van der Waals surface area contributed by atoms with Crippen LogP contribution < -0.4 is 15.4 Å². The van der Waals surface area contributed by atoms with Crippen molar-refractivity contribution in [3.63, 3.8) is 0 Å². The number of nitrogens with zero attached hydrogens (tertiary/aromatic N) is 3. The molecule has 0 aliphatic rings. The first-order valence-electron chi connectivity index (χ1n) is 9.99. The topological polar surface area (TPSA) is 119 Å². The normalized spacial score (nSPS) is 10.3. The van der Waals surface area contributed by atoms with Crippen molar-refractivity contribution in [3.8, 4) is 5.75 Å². The fraction of sp³-hybridized carbons (Fsp3) is 0.0417. The van der Waals surface area contributed by atoms with E-state index in [2.05, 4.69) is 20.6 Å². The maximum Gasteiger partial charge on any atom is 0.293 e. The van der Waals surface area contributed by atoms with Gasteiger partial charge in [0.25, 0.3) is 11.6 Å². The van der Waals surface area contributed by atoms with E-state index in [9.17, 15) is 14.9 Å². The highest BCUT2D eigenvalue weighted by atomic mass is 16.6. The molecule has 2 aromatic carbocycles. The lowest BCUT2D eigenvalue weighted by Crippen LogP contribution is -2.14. The Morgan fingerprint density at radius 2 is 1.76 bits per heavy atom. The highest BCUT2D eigenvalue weighted by Crippen LogP contribution is 2.29. The number of anilines is 3. The van der Waals surface area contributed by atoms with Gasteiger partial charge in [-0.25, -0.2) is 4.98 Å². The quantitative estimate of drug-likeness (QED) is 0.293. The molecule has 0 aliphatic carbocycles. The number of para-hydroxylation sites is 1. The summed E-state index contributed by atoms with van der Waals surface area (Å²) in [6.45, 7) is 0.266. The number of ether oxygens (including phenoxy) is 1. The monoisotopic (exact) mass is 441 g/mol. The summed E-state index contributed by atoms with van der Waals surface area (Å²) in [5.74, 6) is 0.0436. The van der Waals surface area contributed by atoms with E-state index in [0.29, 0.717) is 11.4 Å². The second kappa shape index (κ2) is 10.0. The Balaban J connectivity index is 1.52. The van der Waals surface area contributed by atoms with Crippen LogP contribution in [0.25, 0.3) is 0 Å². The molecule has 33 heavy (non-hydrogen) atoms. The molecule has 2 aromatic heterocycles. The molecular weight excluding hydrogens is 422 g/mol. The van der Waals surface area contributed by atoms with Gasteiger partial charge in [0, 0.05) is 35.9 Å². The maximum atomic E-state index is 12.8. The molecule has 4 rings (SSSR count). The Labute approximate surface area is 189 Å². The molecule has 164 valence electrons. The molecule has 0 fully saturated rings. The van der Waals surface area contributed by atoms with Crippen LogP contribution in [0.15, 0.2) is 91.4 Å². The van der Waals surface area contributed by atoms with Gasteiger partial charge in [0.2, 0.25) is 0 Å². The summed E-state index contributed by atoms with van der Waals surface area (Å²) < 4.78 is 5.78. The number of nitro benzene ring substituents is 1. The lowest BCUT2D eigenvalue weighted by molar-refractivity contribution is -0.383. The highest BCUT2D eigenvalue weighted by Gasteiger charge is 2.19. The van der Waals surface area contributed by atoms with E-state index in [-0.39, 0.29) is 29.4 Å². The number of hydrogen-bond acceptors (Lipinski definition) is 7. The van der Waals surface area contributed by atoms with E-state index in [1.807, 2.05) is 30.3 Å². The van der Waals surface area contributed by atoms with Crippen molar-refractivity contribution in [2.24, 2.45) is 0 Å². The van der Waals surface area contributed by atoms with Gasteiger partial charge < -0.3 is 15.4 Å². The third-order valence-corrected chi connectivity index (χ3v) is 4.66. The zero-order chi connectivity index (χ0) is 23.0. The number of rotatable bonds is 8. The van der Waals surface area contributed by atoms with Crippen molar-refractivity contribution >= 4 is 28.8 Å². The van der Waals surface area contributed by atoms with Crippen molar-refractivity contribution in [2.75, 3.05) is 10.6 Å². The number of nitrogens with one attached hydrogen (secondary N) is 2. The van der Waals surface area contributed by atoms with Crippen LogP contribution in [-0.2, 0) is 6.61 Å². The van der Waals surface area contributed by atoms with Crippen molar-refractivity contribution < 1.29 is 14.5 Å². The van der Waals surface area contributed by atoms with Gasteiger partial charge >= 0.3 is 0 Å². The summed E-state index contributed by atoms with van der Waals surface area (Å²) in [6.07, 6.45) is 4.84. The van der Waals surface area contributed by atoms with E-state index in [1.165, 1.54) is 24.4 Å². The number of carbonyl (C=O) groups is 1. The highest BCUT2D eigenvalue weighted by molar-refractivity contribution is 6.05. The van der Waals surface area contributed by atoms with Gasteiger partial charge in [0.15, 0.2) is 11.6 Å². The van der Waals surface area contributed by atoms with Crippen LogP contribution in [0.2, 0.25) is 0 Å². The minimum atomic E-state index is -0.545. The molecule has 0 spiro atoms. The molecule has 2 heterocycles. The SMILES string of the molecule is O=C(Nc1ncccc1OCc1ccncc1)c1ccc(Nc2ccccc2)c([N+](=O)[O-])c1. The second-order valence-corrected chi connectivity index (χ2v) is 6.93. The van der Waals surface area contributed by atoms with Gasteiger partial charge in [0.1, 0.15) is 12.3 Å². The summed E-state index contributed by atoms with van der Waals surface area (Å²) in [4.78, 5) is 32.0. The fourth-order valence-corrected chi connectivity index (χ4v) is 3.03. The van der Waals surface area contributed by atoms with Crippen LogP contribution in [0.5, 0.6) is 5.75 Å². The van der Waals surface area contributed by atoms with Gasteiger partial charge in [-0.15, -0.1) is 0 Å². The Bertz CT molecular complexity index is 1270. The first-order valence-corrected chi connectivity index (χ1v) is 9.99. The molecule has 0 unspecified atom stereocenters. The van der Waals surface area contributed by atoms with E-state index in [0.717, 1.165) is 5.56 Å². The molecular formula is C24H19N5O4. The zero-order valence-corrected chi connectivity index (χ0v) is 17.3. The Morgan fingerprint density at radius 1 is 0.970 bits per heavy atom. The van der Waals surface area contributed by atoms with Crippen molar-refractivity contribution in [2.45, 2.75) is 6.61 Å². The number of nitro groups is 1. The smallest absolute Gasteiger partial charge is 0.293 e. The Morgan fingerprint density at radius 3 is 2.52 bits per heavy atom. The van der Waals surface area contributed by atoms with Crippen LogP contribution >= 0.6 is 0 Å². The van der Waals surface area contributed by atoms with Crippen molar-refractivity contribution in [3.05, 3.63) is 113 Å². The van der Waals surface area contributed by atoms with E-state index < -0.39 is 10.8 Å². The number of pyridine rings is 2. The zero-order valence-electron chi connectivity index (χ0n) is 17.3. The number of amides is 1. The fourth-order valence-electron chi connectivity index (χ4n) is 3.03. The lowest BCUT2D eigenvalue weighted by atomic mass is 10.1. The van der Waals surface area contributed by atoms with Gasteiger partial charge in [-0.3, -0.25) is 19.9 Å². The molecule has 2 N–H and O–H groups in total. The van der Waals surface area contributed by atoms with Crippen LogP contribution in [-0.4, -0.2) is 20.8 Å². The molecule has 1 amide bonds. The molecule has 0 aliphatic heterocycles. The minimum absolute atomic E-state index is 0.117. The Kier molecular flexibility index (Phi) is 6.51. The summed E-state index contributed by atoms with van der Waals surface area (Å²) >= 11 is 0. The van der Waals surface area contributed by atoms with E-state index in [1.54, 1.807) is 36.7 Å². The molecule has 4 aromatic rings. The third kappa shape index (κ3) is 5.47. The predicted octanol–water partition coefficient (Wildman–Crippen LogP) is 4.96. The first kappa shape index (κ1) is 21.4. The van der Waals surface area contributed by atoms with Gasteiger partial charge in [-0.1, -0.05) is 18.2 Å². The van der Waals surface area contributed by atoms with Crippen LogP contribution in [0.4, 0.5) is 22.9 Å². The van der Waals surface area contributed by atoms with Crippen molar-refractivity contribution in [1.29, 1.82) is 0 Å². The molecule has 0 saturated heterocycles. The first-order chi connectivity index (χ1) is 16.1. The summed E-state index contributed by atoms with van der Waals surface area (Å²) in [6, 6.07) is 20.3. The number of benzene rings is 2. The Hall–Kier alpha value is -4.79. The van der Waals surface area contributed by atoms with E-state index in [4.69, 9.17) is 4.74 Å². The third-order valence-electron chi connectivity index (χ3n) is 4.66. The minimum Gasteiger partial charge on any atom is -0.485 e. The average Bonchev–Trinajstić information content (AvgIpc) is 2.85.